The summed E-state index contributed by atoms with van der Waals surface area (Å²) in [5.41, 5.74) is -5.13. The number of nitrogens with one attached hydrogen (secondary N) is 2. The maximum atomic E-state index is 14.3. The fraction of sp³-hybridized carbons (Fsp3) is 0.436. The first-order valence-electron chi connectivity index (χ1n) is 25.4. The van der Waals surface area contributed by atoms with E-state index in [4.69, 9.17) is 25.6 Å². The van der Waals surface area contributed by atoms with Gasteiger partial charge < -0.3 is 29.5 Å². The van der Waals surface area contributed by atoms with Gasteiger partial charge in [0, 0.05) is 76.5 Å². The van der Waals surface area contributed by atoms with Crippen molar-refractivity contribution in [3.8, 4) is 11.1 Å². The lowest BCUT2D eigenvalue weighted by atomic mass is 9.70. The van der Waals surface area contributed by atoms with Gasteiger partial charge in [-0.25, -0.2) is 26.1 Å². The van der Waals surface area contributed by atoms with Gasteiger partial charge >= 0.3 is 13.3 Å². The predicted octanol–water partition coefficient (Wildman–Crippen LogP) is 11.6. The second-order valence-corrected chi connectivity index (χ2v) is 27.7. The zero-order valence-corrected chi connectivity index (χ0v) is 48.3. The van der Waals surface area contributed by atoms with Crippen molar-refractivity contribution in [3.05, 3.63) is 137 Å². The number of benzene rings is 5. The van der Waals surface area contributed by atoms with Gasteiger partial charge in [0.25, 0.3) is 25.8 Å². The van der Waals surface area contributed by atoms with Crippen LogP contribution in [0.2, 0.25) is 5.02 Å². The zero-order valence-electron chi connectivity index (χ0n) is 44.2. The first-order chi connectivity index (χ1) is 36.5. The number of carbonyl (C=O) groups is 1. The minimum Gasteiger partial charge on any atom is -0.380 e. The van der Waals surface area contributed by atoms with Crippen molar-refractivity contribution in [2.75, 3.05) is 61.9 Å². The second kappa shape index (κ2) is 24.7. The summed E-state index contributed by atoms with van der Waals surface area (Å²) >= 11 is 7.70. The number of carbonyl (C=O) groups excluding carboxylic acids is 1. The molecule has 2 atom stereocenters. The van der Waals surface area contributed by atoms with Gasteiger partial charge in [0.2, 0.25) is 0 Å². The first kappa shape index (κ1) is 61.1. The molecule has 0 saturated carbocycles. The fourth-order valence-electron chi connectivity index (χ4n) is 10.1. The number of alkyl halides is 3. The van der Waals surface area contributed by atoms with Crippen LogP contribution in [0.3, 0.4) is 0 Å². The quantitative estimate of drug-likeness (QED) is 0.0325. The summed E-state index contributed by atoms with van der Waals surface area (Å²) in [6.45, 7) is 14.7. The van der Waals surface area contributed by atoms with E-state index in [1.807, 2.05) is 113 Å². The Kier molecular flexibility index (Phi) is 19.3. The SMILES string of the molecule is CC(C)(C)C(O[C@@H](c1ccccc1-c1ccc(Cl)cc1)C1CCN(c2ccc(C(=O)NS(=O)(=O)c3ccc(N[C@H](CCN4CCOCC4)CSc4ccccc4)c(S(=O)(=O)C(F)(F)F)c3)cc2)CC1)(OP(=O)(O)O)C(C)(C)C. The number of rotatable bonds is 20. The molecular weight excluding hydrogens is 1110 g/mol. The van der Waals surface area contributed by atoms with Crippen molar-refractivity contribution in [2.45, 2.75) is 98.9 Å². The van der Waals surface area contributed by atoms with E-state index in [0.29, 0.717) is 87.7 Å². The van der Waals surface area contributed by atoms with Gasteiger partial charge in [0.05, 0.1) is 29.9 Å². The van der Waals surface area contributed by atoms with E-state index in [1.54, 1.807) is 24.3 Å². The summed E-state index contributed by atoms with van der Waals surface area (Å²) in [5.74, 6) is -2.82. The number of hydrogen-bond acceptors (Lipinski definition) is 13. The third kappa shape index (κ3) is 14.9. The van der Waals surface area contributed by atoms with Gasteiger partial charge in [-0.1, -0.05) is 108 Å². The molecule has 4 N–H and O–H groups in total. The van der Waals surface area contributed by atoms with E-state index in [-0.39, 0.29) is 11.5 Å². The Hall–Kier alpha value is -4.51. The molecule has 2 saturated heterocycles. The number of anilines is 2. The van der Waals surface area contributed by atoms with E-state index in [1.165, 1.54) is 23.9 Å². The van der Waals surface area contributed by atoms with Crippen molar-refractivity contribution in [2.24, 2.45) is 16.7 Å². The minimum absolute atomic E-state index is 0.101. The summed E-state index contributed by atoms with van der Waals surface area (Å²) in [6.07, 6.45) is 0.718. The van der Waals surface area contributed by atoms with Crippen LogP contribution < -0.4 is 14.9 Å². The maximum Gasteiger partial charge on any atom is 0.501 e. The molecule has 0 unspecified atom stereocenters. The molecule has 7 rings (SSSR count). The van der Waals surface area contributed by atoms with Crippen molar-refractivity contribution < 1.29 is 63.2 Å². The predicted molar refractivity (Wildman–Crippen MR) is 298 cm³/mol. The molecule has 2 heterocycles. The average molecular weight is 1180 g/mol. The monoisotopic (exact) mass is 1180 g/mol. The molecule has 0 bridgehead atoms. The number of sulfonamides is 1. The van der Waals surface area contributed by atoms with Crippen LogP contribution in [-0.4, -0.2) is 106 Å². The van der Waals surface area contributed by atoms with Crippen LogP contribution in [0.25, 0.3) is 11.1 Å². The lowest BCUT2D eigenvalue weighted by molar-refractivity contribution is -0.328. The topological polar surface area (TPSA) is 201 Å². The number of thioether (sulfide) groups is 1. The molecule has 1 amide bonds. The molecule has 0 aliphatic carbocycles. The summed E-state index contributed by atoms with van der Waals surface area (Å²) in [6, 6.07) is 32.1. The van der Waals surface area contributed by atoms with Crippen LogP contribution in [0.15, 0.2) is 136 Å². The maximum absolute atomic E-state index is 14.3. The smallest absolute Gasteiger partial charge is 0.380 e. The highest BCUT2D eigenvalue weighted by atomic mass is 35.5. The highest BCUT2D eigenvalue weighted by Gasteiger charge is 2.59. The van der Waals surface area contributed by atoms with Crippen molar-refractivity contribution in [1.82, 2.24) is 9.62 Å². The third-order valence-corrected chi connectivity index (χ3v) is 18.7. The number of phosphoric ester groups is 1. The average Bonchev–Trinajstić information content (AvgIpc) is 3.53. The largest absolute Gasteiger partial charge is 0.501 e. The molecule has 0 radical (unpaired) electrons. The van der Waals surface area contributed by atoms with Gasteiger partial charge in [-0.15, -0.1) is 11.8 Å². The van der Waals surface area contributed by atoms with E-state index in [2.05, 4.69) is 15.1 Å². The number of piperidine rings is 1. The molecule has 15 nitrogen and oxygen atoms in total. The van der Waals surface area contributed by atoms with Crippen LogP contribution in [-0.2, 0) is 38.4 Å². The van der Waals surface area contributed by atoms with E-state index in [0.717, 1.165) is 33.7 Å². The fourth-order valence-corrected chi connectivity index (χ4v) is 14.2. The van der Waals surface area contributed by atoms with Crippen LogP contribution >= 0.6 is 31.2 Å². The molecular formula is C55H67ClF3N4O11PS3. The Morgan fingerprint density at radius 2 is 1.42 bits per heavy atom. The highest BCUT2D eigenvalue weighted by molar-refractivity contribution is 7.99. The zero-order chi connectivity index (χ0) is 56.9. The molecule has 23 heteroatoms. The van der Waals surface area contributed by atoms with Crippen LogP contribution in [0.4, 0.5) is 24.5 Å². The molecule has 0 aromatic heterocycles. The Bertz CT molecular complexity index is 3110. The van der Waals surface area contributed by atoms with Crippen molar-refractivity contribution in [3.63, 3.8) is 0 Å². The number of halogens is 4. The summed E-state index contributed by atoms with van der Waals surface area (Å²) < 4.78 is 130. The van der Waals surface area contributed by atoms with Crippen LogP contribution in [0.1, 0.15) is 82.8 Å². The number of ether oxygens (including phenoxy) is 2. The van der Waals surface area contributed by atoms with Crippen molar-refractivity contribution in [1.29, 1.82) is 0 Å². The molecule has 5 aromatic carbocycles. The number of morpholine rings is 1. The lowest BCUT2D eigenvalue weighted by Crippen LogP contribution is -2.57. The van der Waals surface area contributed by atoms with Crippen molar-refractivity contribution >= 4 is 68.3 Å². The lowest BCUT2D eigenvalue weighted by Gasteiger charge is -2.54. The van der Waals surface area contributed by atoms with Crippen LogP contribution in [0, 0.1) is 16.7 Å². The number of hydrogen-bond donors (Lipinski definition) is 4. The van der Waals surface area contributed by atoms with Gasteiger partial charge in [0.1, 0.15) is 4.90 Å². The van der Waals surface area contributed by atoms with E-state index in [9.17, 15) is 49.2 Å². The Labute approximate surface area is 464 Å². The van der Waals surface area contributed by atoms with Gasteiger partial charge in [-0.2, -0.15) is 13.2 Å². The Balaban J connectivity index is 1.10. The van der Waals surface area contributed by atoms with E-state index >= 15 is 0 Å². The summed E-state index contributed by atoms with van der Waals surface area (Å²) in [4.78, 5) is 37.3. The molecule has 78 heavy (non-hydrogen) atoms. The second-order valence-electron chi connectivity index (χ2n) is 21.5. The molecule has 2 fully saturated rings. The number of sulfone groups is 1. The molecule has 0 spiro atoms. The number of amides is 1. The van der Waals surface area contributed by atoms with Gasteiger partial charge in [-0.05, 0) is 109 Å². The summed E-state index contributed by atoms with van der Waals surface area (Å²) in [5, 5.41) is 3.53. The number of phosphoric acid groups is 1. The standard InChI is InChI=1S/C55H67ClF3N4O11PS3/c1-52(2,3)54(53(4,5)6,74-75(65,66)67)73-50(47-15-11-10-14-46(47)38-16-20-41(56)21-17-38)39-26-30-63(31-27-39)43-22-18-40(19-23-43)51(64)61-78(70,71)45-24-25-48(49(36-45)77(68,69)55(57,58)59)60-42(28-29-62-32-34-72-35-33-62)37-76-44-12-8-7-9-13-44/h7-25,36,39,42,50,60H,26-35,37H2,1-6H3,(H,61,64)(H2,65,66,67)/t42-,50-/m1/s1. The van der Waals surface area contributed by atoms with Gasteiger partial charge in [-0.3, -0.25) is 14.2 Å². The minimum atomic E-state index is -6.12. The molecule has 2 aliphatic heterocycles. The van der Waals surface area contributed by atoms with Crippen LogP contribution in [0.5, 0.6) is 0 Å². The Morgan fingerprint density at radius 1 is 0.821 bits per heavy atom. The highest BCUT2D eigenvalue weighted by Crippen LogP contribution is 2.59. The number of nitrogens with zero attached hydrogens (tertiary/aromatic N) is 2. The summed E-state index contributed by atoms with van der Waals surface area (Å²) in [7, 11) is -16.2. The molecule has 424 valence electrons. The molecule has 2 aliphatic rings. The first-order valence-corrected chi connectivity index (χ1v) is 31.2. The molecule has 5 aromatic rings. The Morgan fingerprint density at radius 3 is 2.01 bits per heavy atom. The van der Waals surface area contributed by atoms with Gasteiger partial charge in [0.15, 0.2) is 5.79 Å². The normalized spacial score (nSPS) is 16.6. The third-order valence-electron chi connectivity index (χ3n) is 13.9. The van der Waals surface area contributed by atoms with E-state index < -0.39 is 83.3 Å².